The fourth-order valence-electron chi connectivity index (χ4n) is 1.74. The van der Waals surface area contributed by atoms with Crippen LogP contribution in [0.15, 0.2) is 23.5 Å². The molecule has 2 aromatic heterocycles. The maximum absolute atomic E-state index is 13.5. The quantitative estimate of drug-likeness (QED) is 0.417. The first-order valence-corrected chi connectivity index (χ1v) is 6.91. The third-order valence-corrected chi connectivity index (χ3v) is 4.50. The maximum Gasteiger partial charge on any atom is 0.146 e. The van der Waals surface area contributed by atoms with Gasteiger partial charge in [-0.15, -0.1) is 23.1 Å². The van der Waals surface area contributed by atoms with E-state index in [1.54, 1.807) is 29.2 Å². The lowest BCUT2D eigenvalue weighted by atomic mass is 10.2. The number of benzene rings is 1. The molecule has 0 bridgehead atoms. The number of nitrogen functional groups attached to an aromatic ring is 1. The third kappa shape index (κ3) is 1.56. The molecule has 0 radical (unpaired) electrons. The molecule has 1 aromatic carbocycles. The van der Waals surface area contributed by atoms with Crippen molar-refractivity contribution < 1.29 is 4.39 Å². The Balaban J connectivity index is 2.50. The molecule has 0 spiro atoms. The summed E-state index contributed by atoms with van der Waals surface area (Å²) in [4.78, 5) is 8.43. The Morgan fingerprint density at radius 3 is 2.94 bits per heavy atom. The van der Waals surface area contributed by atoms with E-state index < -0.39 is 5.82 Å². The summed E-state index contributed by atoms with van der Waals surface area (Å²) in [5.41, 5.74) is 6.53. The van der Waals surface area contributed by atoms with Gasteiger partial charge in [0.2, 0.25) is 0 Å². The van der Waals surface area contributed by atoms with Crippen LogP contribution in [0.3, 0.4) is 0 Å². The number of hydrogen-bond donors (Lipinski definition) is 1. The van der Waals surface area contributed by atoms with Gasteiger partial charge in [-0.05, 0) is 18.4 Å². The number of nitrogens with two attached hydrogens (primary N) is 1. The van der Waals surface area contributed by atoms with Crippen LogP contribution in [0.1, 0.15) is 0 Å². The summed E-state index contributed by atoms with van der Waals surface area (Å²) in [7, 11) is 0. The van der Waals surface area contributed by atoms with Crippen molar-refractivity contribution in [2.24, 2.45) is 0 Å². The zero-order valence-corrected chi connectivity index (χ0v) is 10.5. The molecule has 0 atom stereocenters. The Hall–Kier alpha value is -1.40. The number of halogens is 1. The van der Waals surface area contributed by atoms with Crippen LogP contribution in [0.5, 0.6) is 0 Å². The molecule has 17 heavy (non-hydrogen) atoms. The zero-order valence-electron chi connectivity index (χ0n) is 8.90. The Kier molecular flexibility index (Phi) is 2.41. The number of anilines is 1. The summed E-state index contributed by atoms with van der Waals surface area (Å²) in [6.07, 6.45) is 3.47. The van der Waals surface area contributed by atoms with E-state index in [1.807, 2.05) is 6.26 Å². The fourth-order valence-corrected chi connectivity index (χ4v) is 3.62. The summed E-state index contributed by atoms with van der Waals surface area (Å²) in [5, 5.41) is 1.71. The van der Waals surface area contributed by atoms with Gasteiger partial charge in [0.1, 0.15) is 17.2 Å². The van der Waals surface area contributed by atoms with Crippen LogP contribution in [0, 0.1) is 5.82 Å². The molecule has 0 saturated carbocycles. The Labute approximate surface area is 105 Å². The second kappa shape index (κ2) is 3.82. The van der Waals surface area contributed by atoms with Crippen LogP contribution in [0.4, 0.5) is 10.1 Å². The Morgan fingerprint density at radius 1 is 1.35 bits per heavy atom. The van der Waals surface area contributed by atoms with Crippen LogP contribution in [0.2, 0.25) is 0 Å². The van der Waals surface area contributed by atoms with Crippen LogP contribution < -0.4 is 5.73 Å². The van der Waals surface area contributed by atoms with E-state index in [9.17, 15) is 4.39 Å². The van der Waals surface area contributed by atoms with Gasteiger partial charge in [-0.2, -0.15) is 0 Å². The normalized spacial score (nSPS) is 11.4. The van der Waals surface area contributed by atoms with Crippen molar-refractivity contribution in [3.05, 3.63) is 24.3 Å². The smallest absolute Gasteiger partial charge is 0.146 e. The van der Waals surface area contributed by atoms with E-state index in [4.69, 9.17) is 5.73 Å². The van der Waals surface area contributed by atoms with E-state index in [-0.39, 0.29) is 5.69 Å². The zero-order chi connectivity index (χ0) is 12.0. The molecule has 6 heteroatoms. The number of fused-ring (bicyclic) bond motifs is 3. The maximum atomic E-state index is 13.5. The monoisotopic (exact) mass is 265 g/mol. The molecule has 3 aromatic rings. The number of hydrogen-bond acceptors (Lipinski definition) is 5. The second-order valence-corrected chi connectivity index (χ2v) is 5.38. The summed E-state index contributed by atoms with van der Waals surface area (Å²) >= 11 is 3.10. The highest BCUT2D eigenvalue weighted by Gasteiger charge is 2.12. The summed E-state index contributed by atoms with van der Waals surface area (Å²) < 4.78 is 15.4. The topological polar surface area (TPSA) is 51.8 Å². The standard InChI is InChI=1S/C11H8FN3S2/c1-16-11-10-9(14-4-15-11)5-2-6(12)7(13)3-8(5)17-10/h2-4H,13H2,1H3. The Morgan fingerprint density at radius 2 is 2.18 bits per heavy atom. The van der Waals surface area contributed by atoms with Crippen LogP contribution in [-0.2, 0) is 0 Å². The summed E-state index contributed by atoms with van der Waals surface area (Å²) in [5.74, 6) is -0.401. The highest BCUT2D eigenvalue weighted by Crippen LogP contribution is 2.37. The van der Waals surface area contributed by atoms with Gasteiger partial charge >= 0.3 is 0 Å². The summed E-state index contributed by atoms with van der Waals surface area (Å²) in [6, 6.07) is 3.10. The van der Waals surface area contributed by atoms with Gasteiger partial charge in [-0.1, -0.05) is 0 Å². The molecule has 3 nitrogen and oxygen atoms in total. The van der Waals surface area contributed by atoms with E-state index in [2.05, 4.69) is 9.97 Å². The molecule has 0 saturated heterocycles. The van der Waals surface area contributed by atoms with Crippen molar-refractivity contribution in [2.75, 3.05) is 12.0 Å². The average molecular weight is 265 g/mol. The van der Waals surface area contributed by atoms with Gasteiger partial charge in [0.25, 0.3) is 0 Å². The molecule has 0 aliphatic heterocycles. The van der Waals surface area contributed by atoms with Gasteiger partial charge in [-0.3, -0.25) is 0 Å². The number of rotatable bonds is 1. The van der Waals surface area contributed by atoms with E-state index in [0.29, 0.717) is 0 Å². The first-order valence-electron chi connectivity index (χ1n) is 4.87. The van der Waals surface area contributed by atoms with Gasteiger partial charge in [-0.25, -0.2) is 14.4 Å². The lowest BCUT2D eigenvalue weighted by molar-refractivity contribution is 0.634. The lowest BCUT2D eigenvalue weighted by Gasteiger charge is -1.96. The van der Waals surface area contributed by atoms with Crippen LogP contribution >= 0.6 is 23.1 Å². The van der Waals surface area contributed by atoms with Crippen molar-refractivity contribution >= 4 is 49.1 Å². The average Bonchev–Trinajstić information content (AvgIpc) is 2.67. The third-order valence-electron chi connectivity index (χ3n) is 2.53. The molecule has 0 aliphatic rings. The second-order valence-electron chi connectivity index (χ2n) is 3.53. The van der Waals surface area contributed by atoms with Crippen molar-refractivity contribution in [1.29, 1.82) is 0 Å². The minimum absolute atomic E-state index is 0.169. The molecule has 0 amide bonds. The largest absolute Gasteiger partial charge is 0.396 e. The molecule has 0 aliphatic carbocycles. The van der Waals surface area contributed by atoms with Crippen molar-refractivity contribution in [3.8, 4) is 0 Å². The number of aromatic nitrogens is 2. The van der Waals surface area contributed by atoms with Crippen LogP contribution in [-0.4, -0.2) is 16.2 Å². The SMILES string of the molecule is CSc1ncnc2c1sc1cc(N)c(F)cc12. The van der Waals surface area contributed by atoms with Crippen molar-refractivity contribution in [2.45, 2.75) is 5.03 Å². The van der Waals surface area contributed by atoms with E-state index >= 15 is 0 Å². The first-order chi connectivity index (χ1) is 8.20. The molecule has 2 heterocycles. The predicted octanol–water partition coefficient (Wildman–Crippen LogP) is 3.29. The van der Waals surface area contributed by atoms with E-state index in [0.717, 1.165) is 25.3 Å². The molecular formula is C11H8FN3S2. The minimum Gasteiger partial charge on any atom is -0.396 e. The highest BCUT2D eigenvalue weighted by atomic mass is 32.2. The van der Waals surface area contributed by atoms with Gasteiger partial charge in [0.05, 0.1) is 15.9 Å². The number of thioether (sulfide) groups is 1. The minimum atomic E-state index is -0.401. The molecule has 2 N–H and O–H groups in total. The van der Waals surface area contributed by atoms with Gasteiger partial charge in [0, 0.05) is 10.1 Å². The number of nitrogens with zero attached hydrogens (tertiary/aromatic N) is 2. The highest BCUT2D eigenvalue weighted by molar-refractivity contribution is 7.98. The van der Waals surface area contributed by atoms with Gasteiger partial charge in [0.15, 0.2) is 0 Å². The summed E-state index contributed by atoms with van der Waals surface area (Å²) in [6.45, 7) is 0. The van der Waals surface area contributed by atoms with Crippen LogP contribution in [0.25, 0.3) is 20.3 Å². The molecular weight excluding hydrogens is 257 g/mol. The molecule has 86 valence electrons. The first kappa shape index (κ1) is 10.7. The lowest BCUT2D eigenvalue weighted by Crippen LogP contribution is -1.88. The fraction of sp³-hybridized carbons (Fsp3) is 0.0909. The molecule has 3 rings (SSSR count). The number of thiophene rings is 1. The van der Waals surface area contributed by atoms with Gasteiger partial charge < -0.3 is 5.73 Å². The predicted molar refractivity (Wildman–Crippen MR) is 71.1 cm³/mol. The van der Waals surface area contributed by atoms with E-state index in [1.165, 1.54) is 12.4 Å². The molecule has 0 fully saturated rings. The van der Waals surface area contributed by atoms with Crippen molar-refractivity contribution in [1.82, 2.24) is 9.97 Å². The Bertz CT molecular complexity index is 723. The molecule has 0 unspecified atom stereocenters. The van der Waals surface area contributed by atoms with Crippen molar-refractivity contribution in [3.63, 3.8) is 0 Å².